The van der Waals surface area contributed by atoms with Crippen LogP contribution in [0.5, 0.6) is 0 Å². The SMILES string of the molecule is O=C(C1CCCC1)N1CCCCC1c1nc2ccccc2s1. The van der Waals surface area contributed by atoms with Gasteiger partial charge < -0.3 is 4.90 Å². The van der Waals surface area contributed by atoms with Crippen molar-refractivity contribution in [1.82, 2.24) is 9.88 Å². The molecule has 1 aromatic heterocycles. The normalized spacial score (nSPS) is 23.3. The van der Waals surface area contributed by atoms with Gasteiger partial charge in [-0.2, -0.15) is 0 Å². The second-order valence-electron chi connectivity index (χ2n) is 6.54. The van der Waals surface area contributed by atoms with Gasteiger partial charge in [-0.3, -0.25) is 4.79 Å². The molecule has 0 radical (unpaired) electrons. The van der Waals surface area contributed by atoms with E-state index >= 15 is 0 Å². The van der Waals surface area contributed by atoms with Crippen LogP contribution in [-0.4, -0.2) is 22.3 Å². The number of para-hydroxylation sites is 1. The second-order valence-corrected chi connectivity index (χ2v) is 7.61. The zero-order chi connectivity index (χ0) is 14.9. The summed E-state index contributed by atoms with van der Waals surface area (Å²) in [4.78, 5) is 19.9. The maximum Gasteiger partial charge on any atom is 0.226 e. The van der Waals surface area contributed by atoms with Gasteiger partial charge in [-0.25, -0.2) is 4.98 Å². The Bertz CT molecular complexity index is 642. The predicted octanol–water partition coefficient (Wildman–Crippen LogP) is 4.54. The molecule has 1 aliphatic carbocycles. The summed E-state index contributed by atoms with van der Waals surface area (Å²) in [7, 11) is 0. The number of aromatic nitrogens is 1. The summed E-state index contributed by atoms with van der Waals surface area (Å²) in [6.07, 6.45) is 8.02. The number of likely N-dealkylation sites (tertiary alicyclic amines) is 1. The topological polar surface area (TPSA) is 33.2 Å². The standard InChI is InChI=1S/C18H22N2OS/c21-18(13-7-1-2-8-13)20-12-6-5-10-15(20)17-19-14-9-3-4-11-16(14)22-17/h3-4,9,11,13,15H,1-2,5-8,10,12H2. The minimum atomic E-state index is 0.208. The lowest BCUT2D eigenvalue weighted by molar-refractivity contribution is -0.139. The van der Waals surface area contributed by atoms with E-state index in [4.69, 9.17) is 4.98 Å². The van der Waals surface area contributed by atoms with E-state index in [1.807, 2.05) is 6.07 Å². The molecule has 4 rings (SSSR count). The van der Waals surface area contributed by atoms with Gasteiger partial charge in [0.25, 0.3) is 0 Å². The van der Waals surface area contributed by atoms with E-state index in [9.17, 15) is 4.79 Å². The Labute approximate surface area is 135 Å². The molecule has 22 heavy (non-hydrogen) atoms. The first-order valence-electron chi connectivity index (χ1n) is 8.49. The van der Waals surface area contributed by atoms with E-state index in [0.717, 1.165) is 42.8 Å². The van der Waals surface area contributed by atoms with E-state index in [1.165, 1.54) is 24.0 Å². The molecule has 0 bridgehead atoms. The van der Waals surface area contributed by atoms with Crippen LogP contribution in [0.2, 0.25) is 0 Å². The zero-order valence-corrected chi connectivity index (χ0v) is 13.6. The van der Waals surface area contributed by atoms with E-state index in [1.54, 1.807) is 11.3 Å². The number of nitrogens with zero attached hydrogens (tertiary/aromatic N) is 2. The maximum atomic E-state index is 12.9. The second kappa shape index (κ2) is 5.99. The molecule has 1 aliphatic heterocycles. The maximum absolute atomic E-state index is 12.9. The lowest BCUT2D eigenvalue weighted by Crippen LogP contribution is -2.41. The smallest absolute Gasteiger partial charge is 0.226 e. The summed E-state index contributed by atoms with van der Waals surface area (Å²) in [6, 6.07) is 8.50. The van der Waals surface area contributed by atoms with Crippen LogP contribution >= 0.6 is 11.3 Å². The first-order valence-corrected chi connectivity index (χ1v) is 9.30. The highest BCUT2D eigenvalue weighted by Crippen LogP contribution is 2.38. The van der Waals surface area contributed by atoms with Crippen LogP contribution in [-0.2, 0) is 4.79 Å². The van der Waals surface area contributed by atoms with Gasteiger partial charge >= 0.3 is 0 Å². The Morgan fingerprint density at radius 1 is 1.09 bits per heavy atom. The van der Waals surface area contributed by atoms with Crippen molar-refractivity contribution in [2.45, 2.75) is 51.0 Å². The van der Waals surface area contributed by atoms with Crippen molar-refractivity contribution < 1.29 is 4.79 Å². The zero-order valence-electron chi connectivity index (χ0n) is 12.8. The molecule has 1 amide bonds. The molecule has 4 heteroatoms. The third-order valence-electron chi connectivity index (χ3n) is 5.09. The lowest BCUT2D eigenvalue weighted by atomic mass is 9.98. The number of hydrogen-bond donors (Lipinski definition) is 0. The Kier molecular flexibility index (Phi) is 3.87. The number of carbonyl (C=O) groups is 1. The van der Waals surface area contributed by atoms with Gasteiger partial charge in [-0.15, -0.1) is 11.3 Å². The van der Waals surface area contributed by atoms with Gasteiger partial charge in [0, 0.05) is 12.5 Å². The van der Waals surface area contributed by atoms with Crippen molar-refractivity contribution in [3.8, 4) is 0 Å². The molecule has 1 saturated carbocycles. The highest BCUT2D eigenvalue weighted by atomic mass is 32.1. The summed E-state index contributed by atoms with van der Waals surface area (Å²) in [6.45, 7) is 0.913. The van der Waals surface area contributed by atoms with Crippen molar-refractivity contribution >= 4 is 27.5 Å². The van der Waals surface area contributed by atoms with Gasteiger partial charge in [0.05, 0.1) is 16.3 Å². The fourth-order valence-electron chi connectivity index (χ4n) is 3.89. The van der Waals surface area contributed by atoms with Gasteiger partial charge in [0.15, 0.2) is 0 Å². The molecule has 2 heterocycles. The Morgan fingerprint density at radius 3 is 2.68 bits per heavy atom. The average Bonchev–Trinajstić information content (AvgIpc) is 3.23. The average molecular weight is 314 g/mol. The van der Waals surface area contributed by atoms with E-state index in [2.05, 4.69) is 23.1 Å². The quantitative estimate of drug-likeness (QED) is 0.815. The number of rotatable bonds is 2. The third-order valence-corrected chi connectivity index (χ3v) is 6.22. The van der Waals surface area contributed by atoms with Crippen molar-refractivity contribution in [2.75, 3.05) is 6.54 Å². The molecule has 1 aromatic carbocycles. The summed E-state index contributed by atoms with van der Waals surface area (Å²) in [5.74, 6) is 0.663. The largest absolute Gasteiger partial charge is 0.333 e. The molecular weight excluding hydrogens is 292 g/mol. The fraction of sp³-hybridized carbons (Fsp3) is 0.556. The molecule has 1 saturated heterocycles. The minimum absolute atomic E-state index is 0.208. The number of hydrogen-bond acceptors (Lipinski definition) is 3. The number of benzene rings is 1. The van der Waals surface area contributed by atoms with Crippen molar-refractivity contribution in [2.24, 2.45) is 5.92 Å². The van der Waals surface area contributed by atoms with Crippen LogP contribution in [0.25, 0.3) is 10.2 Å². The Hall–Kier alpha value is -1.42. The molecule has 2 aromatic rings. The Morgan fingerprint density at radius 2 is 1.86 bits per heavy atom. The summed E-state index contributed by atoms with van der Waals surface area (Å²) in [5, 5.41) is 1.13. The van der Waals surface area contributed by atoms with Crippen LogP contribution in [0.1, 0.15) is 56.0 Å². The molecule has 1 atom stereocenters. The lowest BCUT2D eigenvalue weighted by Gasteiger charge is -2.36. The van der Waals surface area contributed by atoms with Crippen molar-refractivity contribution in [3.05, 3.63) is 29.3 Å². The highest BCUT2D eigenvalue weighted by molar-refractivity contribution is 7.18. The molecule has 2 aliphatic rings. The van der Waals surface area contributed by atoms with Crippen LogP contribution in [0.4, 0.5) is 0 Å². The van der Waals surface area contributed by atoms with Gasteiger partial charge in [-0.05, 0) is 44.2 Å². The molecular formula is C18H22N2OS. The van der Waals surface area contributed by atoms with E-state index in [0.29, 0.717) is 5.91 Å². The van der Waals surface area contributed by atoms with Gasteiger partial charge in [0.1, 0.15) is 5.01 Å². The molecule has 0 spiro atoms. The number of piperidine rings is 1. The molecule has 1 unspecified atom stereocenters. The Balaban J connectivity index is 1.63. The highest BCUT2D eigenvalue weighted by Gasteiger charge is 2.34. The molecule has 116 valence electrons. The summed E-state index contributed by atoms with van der Waals surface area (Å²) < 4.78 is 1.23. The number of fused-ring (bicyclic) bond motifs is 1. The van der Waals surface area contributed by atoms with Crippen LogP contribution < -0.4 is 0 Å². The number of amides is 1. The van der Waals surface area contributed by atoms with Crippen molar-refractivity contribution in [3.63, 3.8) is 0 Å². The minimum Gasteiger partial charge on any atom is -0.333 e. The number of carbonyl (C=O) groups excluding carboxylic acids is 1. The predicted molar refractivity (Wildman–Crippen MR) is 89.9 cm³/mol. The summed E-state index contributed by atoms with van der Waals surface area (Å²) in [5.41, 5.74) is 1.07. The fourth-order valence-corrected chi connectivity index (χ4v) is 5.01. The van der Waals surface area contributed by atoms with Crippen molar-refractivity contribution in [1.29, 1.82) is 0 Å². The van der Waals surface area contributed by atoms with E-state index in [-0.39, 0.29) is 12.0 Å². The van der Waals surface area contributed by atoms with Crippen LogP contribution in [0, 0.1) is 5.92 Å². The van der Waals surface area contributed by atoms with E-state index < -0.39 is 0 Å². The van der Waals surface area contributed by atoms with Crippen LogP contribution in [0.15, 0.2) is 24.3 Å². The first-order chi connectivity index (χ1) is 10.8. The van der Waals surface area contributed by atoms with Gasteiger partial charge in [0.2, 0.25) is 5.91 Å². The monoisotopic (exact) mass is 314 g/mol. The summed E-state index contributed by atoms with van der Waals surface area (Å²) >= 11 is 1.76. The first kappa shape index (κ1) is 14.2. The number of thiazole rings is 1. The molecule has 3 nitrogen and oxygen atoms in total. The molecule has 2 fully saturated rings. The van der Waals surface area contributed by atoms with Crippen LogP contribution in [0.3, 0.4) is 0 Å². The third kappa shape index (κ3) is 2.54. The van der Waals surface area contributed by atoms with Gasteiger partial charge in [-0.1, -0.05) is 25.0 Å². The molecule has 0 N–H and O–H groups in total.